The summed E-state index contributed by atoms with van der Waals surface area (Å²) in [7, 11) is 0. The van der Waals surface area contributed by atoms with Crippen molar-refractivity contribution in [1.29, 1.82) is 0 Å². The van der Waals surface area contributed by atoms with Gasteiger partial charge in [-0.1, -0.05) is 6.08 Å². The van der Waals surface area contributed by atoms with Crippen LogP contribution < -0.4 is 0 Å². The smallest absolute Gasteiger partial charge is 0.233 e. The second-order valence-electron chi connectivity index (χ2n) is 5.07. The van der Waals surface area contributed by atoms with Crippen molar-refractivity contribution in [1.82, 2.24) is 19.7 Å². The number of fused-ring (bicyclic) bond motifs is 2. The average molecular weight is 280 g/mol. The number of hydrogen-bond acceptors (Lipinski definition) is 5. The molecule has 7 heteroatoms. The van der Waals surface area contributed by atoms with E-state index in [-0.39, 0.29) is 6.04 Å². The summed E-state index contributed by atoms with van der Waals surface area (Å²) in [6.45, 7) is 6.72. The Bertz CT molecular complexity index is 554. The van der Waals surface area contributed by atoms with Gasteiger partial charge in [0.2, 0.25) is 5.95 Å². The molecule has 1 aromatic rings. The fourth-order valence-electron chi connectivity index (χ4n) is 2.69. The maximum Gasteiger partial charge on any atom is 0.233 e. The van der Waals surface area contributed by atoms with Gasteiger partial charge in [0.05, 0.1) is 18.3 Å². The largest absolute Gasteiger partial charge is 0.361 e. The standard InChI is InChI=1S/C13H17FN4O2/c1-3-6-20-18-11-7-10(17-5-4-12(14)15-17)8-16(9-11)13(18,2)19/h3-5,7,11,19H,1,6,8-9H2,2H3. The van der Waals surface area contributed by atoms with Crippen molar-refractivity contribution < 1.29 is 14.3 Å². The van der Waals surface area contributed by atoms with Crippen LogP contribution in [0, 0.1) is 5.95 Å². The Morgan fingerprint density at radius 1 is 1.70 bits per heavy atom. The minimum absolute atomic E-state index is 0.110. The number of halogens is 1. The van der Waals surface area contributed by atoms with Crippen LogP contribution in [-0.2, 0) is 4.84 Å². The second-order valence-corrected chi connectivity index (χ2v) is 5.07. The van der Waals surface area contributed by atoms with Crippen LogP contribution in [0.3, 0.4) is 0 Å². The second kappa shape index (κ2) is 4.78. The van der Waals surface area contributed by atoms with Gasteiger partial charge in [0.1, 0.15) is 0 Å². The fraction of sp³-hybridized carbons (Fsp3) is 0.462. The summed E-state index contributed by atoms with van der Waals surface area (Å²) >= 11 is 0. The Kier molecular flexibility index (Phi) is 3.21. The first-order valence-corrected chi connectivity index (χ1v) is 6.45. The van der Waals surface area contributed by atoms with E-state index in [4.69, 9.17) is 4.84 Å². The van der Waals surface area contributed by atoms with Gasteiger partial charge in [-0.2, -0.15) is 4.39 Å². The molecule has 1 saturated heterocycles. The Labute approximate surface area is 116 Å². The first kappa shape index (κ1) is 13.4. The Hall–Kier alpha value is -1.54. The van der Waals surface area contributed by atoms with Crippen molar-refractivity contribution in [2.75, 3.05) is 19.7 Å². The molecular formula is C13H17FN4O2. The summed E-state index contributed by atoms with van der Waals surface area (Å²) in [6, 6.07) is 1.19. The highest BCUT2D eigenvalue weighted by Crippen LogP contribution is 2.35. The lowest BCUT2D eigenvalue weighted by Crippen LogP contribution is -2.51. The van der Waals surface area contributed by atoms with E-state index in [1.807, 2.05) is 11.0 Å². The highest BCUT2D eigenvalue weighted by atomic mass is 19.1. The van der Waals surface area contributed by atoms with Crippen LogP contribution in [0.2, 0.25) is 0 Å². The van der Waals surface area contributed by atoms with Gasteiger partial charge in [0, 0.05) is 25.4 Å². The molecule has 3 heterocycles. The molecule has 0 aromatic carbocycles. The Morgan fingerprint density at radius 3 is 3.15 bits per heavy atom. The van der Waals surface area contributed by atoms with Crippen molar-refractivity contribution in [3.05, 3.63) is 36.9 Å². The third-order valence-corrected chi connectivity index (χ3v) is 3.65. The molecule has 2 aliphatic heterocycles. The summed E-state index contributed by atoms with van der Waals surface area (Å²) < 4.78 is 14.5. The number of aliphatic hydroxyl groups is 1. The fourth-order valence-corrected chi connectivity index (χ4v) is 2.69. The number of hydrogen-bond donors (Lipinski definition) is 1. The van der Waals surface area contributed by atoms with Gasteiger partial charge in [0.15, 0.2) is 5.85 Å². The highest BCUT2D eigenvalue weighted by molar-refractivity contribution is 5.50. The molecule has 3 rings (SSSR count). The normalized spacial score (nSPS) is 33.2. The zero-order chi connectivity index (χ0) is 14.3. The molecule has 20 heavy (non-hydrogen) atoms. The van der Waals surface area contributed by atoms with E-state index in [0.29, 0.717) is 19.7 Å². The summed E-state index contributed by atoms with van der Waals surface area (Å²) in [5, 5.41) is 15.9. The summed E-state index contributed by atoms with van der Waals surface area (Å²) in [4.78, 5) is 7.40. The molecule has 0 saturated carbocycles. The van der Waals surface area contributed by atoms with Gasteiger partial charge in [-0.3, -0.25) is 9.74 Å². The van der Waals surface area contributed by atoms with Gasteiger partial charge in [-0.15, -0.1) is 16.7 Å². The molecule has 0 radical (unpaired) electrons. The first-order valence-electron chi connectivity index (χ1n) is 6.45. The highest BCUT2D eigenvalue weighted by Gasteiger charge is 2.50. The zero-order valence-corrected chi connectivity index (χ0v) is 11.2. The van der Waals surface area contributed by atoms with E-state index >= 15 is 0 Å². The molecule has 3 atom stereocenters. The van der Waals surface area contributed by atoms with Crippen molar-refractivity contribution >= 4 is 5.70 Å². The van der Waals surface area contributed by atoms with E-state index in [2.05, 4.69) is 11.7 Å². The van der Waals surface area contributed by atoms with Crippen LogP contribution >= 0.6 is 0 Å². The molecule has 2 aliphatic rings. The monoisotopic (exact) mass is 280 g/mol. The van der Waals surface area contributed by atoms with E-state index in [9.17, 15) is 9.50 Å². The Balaban J connectivity index is 1.88. The molecule has 0 amide bonds. The lowest BCUT2D eigenvalue weighted by molar-refractivity contribution is -0.303. The predicted octanol–water partition coefficient (Wildman–Crippen LogP) is 0.646. The quantitative estimate of drug-likeness (QED) is 0.821. The van der Waals surface area contributed by atoms with E-state index in [1.165, 1.54) is 10.7 Å². The van der Waals surface area contributed by atoms with Crippen LogP contribution in [0.25, 0.3) is 5.70 Å². The SMILES string of the molecule is C=CCON1C2C=C(n3ccc(F)n3)CN(C2)C1(C)O. The van der Waals surface area contributed by atoms with Crippen molar-refractivity contribution in [3.63, 3.8) is 0 Å². The van der Waals surface area contributed by atoms with Crippen molar-refractivity contribution in [2.24, 2.45) is 0 Å². The number of hydroxylamine groups is 2. The predicted molar refractivity (Wildman–Crippen MR) is 70.4 cm³/mol. The molecule has 1 aromatic heterocycles. The molecule has 6 nitrogen and oxygen atoms in total. The van der Waals surface area contributed by atoms with Gasteiger partial charge < -0.3 is 5.11 Å². The van der Waals surface area contributed by atoms with Gasteiger partial charge >= 0.3 is 0 Å². The molecule has 108 valence electrons. The zero-order valence-electron chi connectivity index (χ0n) is 11.2. The van der Waals surface area contributed by atoms with Crippen LogP contribution in [-0.4, -0.2) is 56.4 Å². The third-order valence-electron chi connectivity index (χ3n) is 3.65. The Morgan fingerprint density at radius 2 is 2.50 bits per heavy atom. The van der Waals surface area contributed by atoms with Crippen molar-refractivity contribution in [2.45, 2.75) is 18.8 Å². The van der Waals surface area contributed by atoms with Gasteiger partial charge in [-0.05, 0) is 13.0 Å². The molecular weight excluding hydrogens is 263 g/mol. The van der Waals surface area contributed by atoms with E-state index < -0.39 is 11.8 Å². The molecule has 3 unspecified atom stereocenters. The first-order chi connectivity index (χ1) is 9.52. The minimum atomic E-state index is -1.21. The number of nitrogens with zero attached hydrogens (tertiary/aromatic N) is 4. The topological polar surface area (TPSA) is 53.8 Å². The third kappa shape index (κ3) is 2.08. The van der Waals surface area contributed by atoms with Crippen LogP contribution in [0.1, 0.15) is 6.92 Å². The summed E-state index contributed by atoms with van der Waals surface area (Å²) in [6.07, 6.45) is 5.13. The molecule has 1 N–H and O–H groups in total. The molecule has 0 aliphatic carbocycles. The van der Waals surface area contributed by atoms with Crippen molar-refractivity contribution in [3.8, 4) is 0 Å². The average Bonchev–Trinajstić information content (AvgIpc) is 2.91. The molecule has 2 bridgehead atoms. The maximum absolute atomic E-state index is 13.0. The lowest BCUT2D eigenvalue weighted by atomic mass is 10.2. The van der Waals surface area contributed by atoms with E-state index in [1.54, 1.807) is 24.3 Å². The van der Waals surface area contributed by atoms with Crippen LogP contribution in [0.15, 0.2) is 31.0 Å². The van der Waals surface area contributed by atoms with Crippen LogP contribution in [0.5, 0.6) is 0 Å². The summed E-state index contributed by atoms with van der Waals surface area (Å²) in [5.41, 5.74) is 0.815. The van der Waals surface area contributed by atoms with Gasteiger partial charge in [-0.25, -0.2) is 4.68 Å². The molecule has 1 fully saturated rings. The molecule has 0 spiro atoms. The minimum Gasteiger partial charge on any atom is -0.361 e. The number of rotatable bonds is 4. The lowest BCUT2D eigenvalue weighted by Gasteiger charge is -2.34. The number of aromatic nitrogens is 2. The van der Waals surface area contributed by atoms with Gasteiger partial charge in [0.25, 0.3) is 0 Å². The van der Waals surface area contributed by atoms with E-state index in [0.717, 1.165) is 5.70 Å². The van der Waals surface area contributed by atoms with Crippen LogP contribution in [0.4, 0.5) is 4.39 Å². The summed E-state index contributed by atoms with van der Waals surface area (Å²) in [5.74, 6) is -1.73. The maximum atomic E-state index is 13.0.